The first kappa shape index (κ1) is 24.6. The smallest absolute Gasteiger partial charge is 0.233 e. The van der Waals surface area contributed by atoms with Gasteiger partial charge in [-0.3, -0.25) is 9.78 Å². The van der Waals surface area contributed by atoms with Crippen LogP contribution in [0.2, 0.25) is 5.02 Å². The van der Waals surface area contributed by atoms with E-state index >= 15 is 0 Å². The van der Waals surface area contributed by atoms with Crippen LogP contribution in [0.3, 0.4) is 0 Å². The van der Waals surface area contributed by atoms with Gasteiger partial charge in [0, 0.05) is 18.6 Å². The lowest BCUT2D eigenvalue weighted by Gasteiger charge is -2.22. The molecule has 1 heterocycles. The Labute approximate surface area is 193 Å². The molecule has 174 valence electrons. The summed E-state index contributed by atoms with van der Waals surface area (Å²) < 4.78 is 23.9. The third kappa shape index (κ3) is 5.83. The number of aromatic nitrogens is 2. The highest BCUT2D eigenvalue weighted by molar-refractivity contribution is 7.90. The molecule has 1 fully saturated rings. The normalized spacial score (nSPS) is 15.8. The van der Waals surface area contributed by atoms with Crippen molar-refractivity contribution in [2.75, 3.05) is 24.8 Å². The van der Waals surface area contributed by atoms with Crippen LogP contribution in [-0.4, -0.2) is 54.0 Å². The first-order valence-electron chi connectivity index (χ1n) is 10.6. The SMILES string of the molecule is CS(=O)(=O)c1ccc([C@@H](CC2CCCC2)C(=O)Nc2nccnc2C(CO)CO)cc1Cl. The molecule has 0 unspecified atom stereocenters. The van der Waals surface area contributed by atoms with Crippen molar-refractivity contribution in [1.29, 1.82) is 0 Å². The number of aliphatic hydroxyl groups is 2. The van der Waals surface area contributed by atoms with Crippen molar-refractivity contribution in [2.24, 2.45) is 5.92 Å². The first-order valence-corrected chi connectivity index (χ1v) is 12.8. The number of aliphatic hydroxyl groups excluding tert-OH is 2. The predicted molar refractivity (Wildman–Crippen MR) is 121 cm³/mol. The summed E-state index contributed by atoms with van der Waals surface area (Å²) in [7, 11) is -3.49. The maximum absolute atomic E-state index is 13.4. The Bertz CT molecular complexity index is 1050. The van der Waals surface area contributed by atoms with E-state index in [2.05, 4.69) is 15.3 Å². The third-order valence-corrected chi connectivity index (χ3v) is 7.49. The van der Waals surface area contributed by atoms with E-state index in [1.165, 1.54) is 18.5 Å². The molecular formula is C22H28ClN3O5S. The Kier molecular flexibility index (Phi) is 8.21. The Morgan fingerprint density at radius 1 is 1.19 bits per heavy atom. The van der Waals surface area contributed by atoms with Gasteiger partial charge in [0.05, 0.1) is 40.7 Å². The van der Waals surface area contributed by atoms with Gasteiger partial charge in [0.1, 0.15) is 0 Å². The van der Waals surface area contributed by atoms with Crippen molar-refractivity contribution in [2.45, 2.75) is 48.8 Å². The van der Waals surface area contributed by atoms with Gasteiger partial charge < -0.3 is 15.5 Å². The van der Waals surface area contributed by atoms with E-state index < -0.39 is 21.7 Å². The number of anilines is 1. The van der Waals surface area contributed by atoms with E-state index in [1.54, 1.807) is 12.1 Å². The van der Waals surface area contributed by atoms with Gasteiger partial charge in [0.2, 0.25) is 5.91 Å². The average Bonchev–Trinajstić information content (AvgIpc) is 3.26. The van der Waals surface area contributed by atoms with Crippen LogP contribution in [0, 0.1) is 5.92 Å². The third-order valence-electron chi connectivity index (χ3n) is 5.91. The fraction of sp³-hybridized carbons (Fsp3) is 0.500. The van der Waals surface area contributed by atoms with Crippen LogP contribution in [0.25, 0.3) is 0 Å². The van der Waals surface area contributed by atoms with Crippen molar-refractivity contribution in [1.82, 2.24) is 9.97 Å². The highest BCUT2D eigenvalue weighted by Crippen LogP contribution is 2.36. The molecule has 1 saturated carbocycles. The topological polar surface area (TPSA) is 129 Å². The largest absolute Gasteiger partial charge is 0.396 e. The molecule has 0 spiro atoms. The number of carbonyl (C=O) groups is 1. The molecule has 1 atom stereocenters. The monoisotopic (exact) mass is 481 g/mol. The van der Waals surface area contributed by atoms with Gasteiger partial charge in [0.25, 0.3) is 0 Å². The second-order valence-electron chi connectivity index (χ2n) is 8.24. The van der Waals surface area contributed by atoms with Crippen molar-refractivity contribution in [3.05, 3.63) is 46.9 Å². The number of carbonyl (C=O) groups excluding carboxylic acids is 1. The van der Waals surface area contributed by atoms with Crippen molar-refractivity contribution in [3.63, 3.8) is 0 Å². The standard InChI is InChI=1S/C22H28ClN3O5S/c1-32(30,31)19-7-6-15(11-18(19)23)17(10-14-4-2-3-5-14)22(29)26-21-20(16(12-27)13-28)24-8-9-25-21/h6-9,11,14,16-17,27-28H,2-5,10,12-13H2,1H3,(H,25,26,29)/t17-/m1/s1. The van der Waals surface area contributed by atoms with Crippen LogP contribution in [0.15, 0.2) is 35.5 Å². The maximum atomic E-state index is 13.4. The zero-order valence-corrected chi connectivity index (χ0v) is 19.4. The van der Waals surface area contributed by atoms with E-state index in [0.717, 1.165) is 31.9 Å². The van der Waals surface area contributed by atoms with E-state index in [0.29, 0.717) is 23.6 Å². The molecule has 0 bridgehead atoms. The number of sulfone groups is 1. The number of nitrogens with one attached hydrogen (secondary N) is 1. The van der Waals surface area contributed by atoms with E-state index in [-0.39, 0.29) is 34.9 Å². The number of nitrogens with zero attached hydrogens (tertiary/aromatic N) is 2. The Morgan fingerprint density at radius 3 is 2.44 bits per heavy atom. The van der Waals surface area contributed by atoms with Gasteiger partial charge in [-0.25, -0.2) is 13.4 Å². The number of hydrogen-bond donors (Lipinski definition) is 3. The highest BCUT2D eigenvalue weighted by atomic mass is 35.5. The first-order chi connectivity index (χ1) is 15.2. The zero-order valence-electron chi connectivity index (χ0n) is 17.9. The summed E-state index contributed by atoms with van der Waals surface area (Å²) in [6.07, 6.45) is 8.85. The average molecular weight is 482 g/mol. The second-order valence-corrected chi connectivity index (χ2v) is 10.6. The van der Waals surface area contributed by atoms with Crippen LogP contribution in [0.4, 0.5) is 5.82 Å². The quantitative estimate of drug-likeness (QED) is 0.502. The van der Waals surface area contributed by atoms with Crippen LogP contribution in [-0.2, 0) is 14.6 Å². The van der Waals surface area contributed by atoms with Crippen LogP contribution in [0.5, 0.6) is 0 Å². The molecule has 1 aliphatic rings. The number of rotatable bonds is 9. The fourth-order valence-corrected chi connectivity index (χ4v) is 5.52. The van der Waals surface area contributed by atoms with Gasteiger partial charge in [0.15, 0.2) is 15.7 Å². The molecule has 1 aromatic carbocycles. The summed E-state index contributed by atoms with van der Waals surface area (Å²) >= 11 is 6.26. The molecule has 3 N–H and O–H groups in total. The molecule has 1 aliphatic carbocycles. The molecule has 0 aliphatic heterocycles. The summed E-state index contributed by atoms with van der Waals surface area (Å²) in [5, 5.41) is 21.9. The molecule has 10 heteroatoms. The Balaban J connectivity index is 1.93. The molecule has 1 amide bonds. The van der Waals surface area contributed by atoms with Gasteiger partial charge in [-0.1, -0.05) is 43.4 Å². The summed E-state index contributed by atoms with van der Waals surface area (Å²) in [5.74, 6) is -1.00. The summed E-state index contributed by atoms with van der Waals surface area (Å²) in [5.41, 5.74) is 0.925. The lowest BCUT2D eigenvalue weighted by Crippen LogP contribution is -2.25. The maximum Gasteiger partial charge on any atom is 0.233 e. The second kappa shape index (κ2) is 10.7. The minimum absolute atomic E-state index is 0.0212. The fourth-order valence-electron chi connectivity index (χ4n) is 4.19. The summed E-state index contributed by atoms with van der Waals surface area (Å²) in [6, 6.07) is 4.60. The lowest BCUT2D eigenvalue weighted by molar-refractivity contribution is -0.118. The van der Waals surface area contributed by atoms with Crippen LogP contribution >= 0.6 is 11.6 Å². The zero-order chi connectivity index (χ0) is 23.3. The molecule has 2 aromatic rings. The van der Waals surface area contributed by atoms with Gasteiger partial charge >= 0.3 is 0 Å². The number of halogens is 1. The van der Waals surface area contributed by atoms with E-state index in [4.69, 9.17) is 11.6 Å². The Hall–Kier alpha value is -2.07. The lowest BCUT2D eigenvalue weighted by atomic mass is 9.87. The number of amides is 1. The molecule has 32 heavy (non-hydrogen) atoms. The number of benzene rings is 1. The minimum Gasteiger partial charge on any atom is -0.396 e. The number of hydrogen-bond acceptors (Lipinski definition) is 7. The van der Waals surface area contributed by atoms with E-state index in [1.807, 2.05) is 0 Å². The molecule has 1 aromatic heterocycles. The molecule has 0 radical (unpaired) electrons. The van der Waals surface area contributed by atoms with Crippen molar-refractivity contribution in [3.8, 4) is 0 Å². The molecule has 3 rings (SSSR count). The van der Waals surface area contributed by atoms with Crippen molar-refractivity contribution < 1.29 is 23.4 Å². The molecule has 0 saturated heterocycles. The van der Waals surface area contributed by atoms with E-state index in [9.17, 15) is 23.4 Å². The van der Waals surface area contributed by atoms with Gasteiger partial charge in [-0.15, -0.1) is 0 Å². The van der Waals surface area contributed by atoms with Crippen LogP contribution < -0.4 is 5.32 Å². The van der Waals surface area contributed by atoms with Gasteiger partial charge in [-0.05, 0) is 30.0 Å². The minimum atomic E-state index is -3.49. The predicted octanol–water partition coefficient (Wildman–Crippen LogP) is 2.90. The van der Waals surface area contributed by atoms with Crippen molar-refractivity contribution >= 4 is 33.2 Å². The molecular weight excluding hydrogens is 454 g/mol. The summed E-state index contributed by atoms with van der Waals surface area (Å²) in [4.78, 5) is 21.8. The van der Waals surface area contributed by atoms with Crippen LogP contribution in [0.1, 0.15) is 55.2 Å². The Morgan fingerprint density at radius 2 is 1.84 bits per heavy atom. The highest BCUT2D eigenvalue weighted by Gasteiger charge is 2.29. The molecule has 8 nitrogen and oxygen atoms in total. The van der Waals surface area contributed by atoms with Gasteiger partial charge in [-0.2, -0.15) is 0 Å². The summed E-state index contributed by atoms with van der Waals surface area (Å²) in [6.45, 7) is -0.682.